The van der Waals surface area contributed by atoms with Crippen LogP contribution in [-0.4, -0.2) is 25.5 Å². The smallest absolute Gasteiger partial charge is 0.167 e. The van der Waals surface area contributed by atoms with Crippen molar-refractivity contribution >= 4 is 22.8 Å². The van der Waals surface area contributed by atoms with Crippen LogP contribution in [0.25, 0.3) is 16.7 Å². The van der Waals surface area contributed by atoms with Crippen LogP contribution in [0.1, 0.15) is 18.1 Å². The number of hydrogen-bond acceptors (Lipinski definition) is 4. The zero-order valence-corrected chi connectivity index (χ0v) is 12.6. The fraction of sp³-hybridized carbons (Fsp3) is 0.267. The van der Waals surface area contributed by atoms with E-state index in [9.17, 15) is 0 Å². The van der Waals surface area contributed by atoms with Crippen molar-refractivity contribution in [3.8, 4) is 5.69 Å². The normalized spacial score (nSPS) is 11.2. The maximum Gasteiger partial charge on any atom is 0.167 e. The number of rotatable bonds is 3. The minimum atomic E-state index is 0.864. The molecule has 0 amide bonds. The Morgan fingerprint density at radius 3 is 2.80 bits per heavy atom. The molecule has 0 N–H and O–H groups in total. The molecule has 0 bridgehead atoms. The van der Waals surface area contributed by atoms with Crippen molar-refractivity contribution in [3.63, 3.8) is 0 Å². The van der Waals surface area contributed by atoms with Crippen LogP contribution >= 0.6 is 11.8 Å². The maximum absolute atomic E-state index is 4.50. The molecule has 2 aromatic heterocycles. The number of aromatic nitrogens is 4. The third kappa shape index (κ3) is 2.18. The second-order valence-electron chi connectivity index (χ2n) is 4.70. The Hall–Kier alpha value is -1.88. The van der Waals surface area contributed by atoms with Crippen LogP contribution in [0.15, 0.2) is 35.7 Å². The van der Waals surface area contributed by atoms with Crippen LogP contribution in [0.5, 0.6) is 0 Å². The van der Waals surface area contributed by atoms with E-state index in [0.717, 1.165) is 27.5 Å². The summed E-state index contributed by atoms with van der Waals surface area (Å²) in [5.41, 5.74) is 4.37. The summed E-state index contributed by atoms with van der Waals surface area (Å²) in [4.78, 5) is 8.74. The van der Waals surface area contributed by atoms with E-state index >= 15 is 0 Å². The van der Waals surface area contributed by atoms with Gasteiger partial charge in [0, 0.05) is 0 Å². The van der Waals surface area contributed by atoms with Gasteiger partial charge in [-0.1, -0.05) is 24.6 Å². The maximum atomic E-state index is 4.50. The van der Waals surface area contributed by atoms with Crippen molar-refractivity contribution in [1.29, 1.82) is 0 Å². The van der Waals surface area contributed by atoms with Gasteiger partial charge in [0.1, 0.15) is 11.4 Å². The van der Waals surface area contributed by atoms with E-state index in [-0.39, 0.29) is 0 Å². The highest BCUT2D eigenvalue weighted by molar-refractivity contribution is 7.99. The van der Waals surface area contributed by atoms with Gasteiger partial charge >= 0.3 is 0 Å². The SMILES string of the molecule is CCSc1ncnc2c1cnn2-c1ccc(C)cc1C. The summed E-state index contributed by atoms with van der Waals surface area (Å²) >= 11 is 1.72. The Labute approximate surface area is 122 Å². The van der Waals surface area contributed by atoms with Crippen LogP contribution in [-0.2, 0) is 0 Å². The van der Waals surface area contributed by atoms with Gasteiger partial charge in [0.2, 0.25) is 0 Å². The average molecular weight is 284 g/mol. The van der Waals surface area contributed by atoms with Crippen LogP contribution in [0.3, 0.4) is 0 Å². The van der Waals surface area contributed by atoms with Crippen molar-refractivity contribution in [2.75, 3.05) is 5.75 Å². The van der Waals surface area contributed by atoms with Crippen molar-refractivity contribution in [2.45, 2.75) is 25.8 Å². The van der Waals surface area contributed by atoms with Crippen molar-refractivity contribution in [2.24, 2.45) is 0 Å². The number of aryl methyl sites for hydroxylation is 2. The van der Waals surface area contributed by atoms with E-state index in [1.165, 1.54) is 11.1 Å². The second-order valence-corrected chi connectivity index (χ2v) is 5.95. The number of fused-ring (bicyclic) bond motifs is 1. The number of hydrogen-bond donors (Lipinski definition) is 0. The molecule has 102 valence electrons. The first-order chi connectivity index (χ1) is 9.70. The molecule has 0 unspecified atom stereocenters. The molecule has 0 atom stereocenters. The predicted molar refractivity (Wildman–Crippen MR) is 82.5 cm³/mol. The molecule has 0 saturated carbocycles. The Bertz CT molecular complexity index is 764. The van der Waals surface area contributed by atoms with Crippen molar-refractivity contribution in [3.05, 3.63) is 41.9 Å². The van der Waals surface area contributed by atoms with Gasteiger partial charge in [-0.3, -0.25) is 0 Å². The molecular weight excluding hydrogens is 268 g/mol. The summed E-state index contributed by atoms with van der Waals surface area (Å²) in [6.45, 7) is 6.31. The highest BCUT2D eigenvalue weighted by atomic mass is 32.2. The zero-order valence-electron chi connectivity index (χ0n) is 11.8. The van der Waals surface area contributed by atoms with Gasteiger partial charge in [0.25, 0.3) is 0 Å². The number of nitrogens with zero attached hydrogens (tertiary/aromatic N) is 4. The molecule has 0 aliphatic carbocycles. The highest BCUT2D eigenvalue weighted by Crippen LogP contribution is 2.26. The summed E-state index contributed by atoms with van der Waals surface area (Å²) < 4.78 is 1.89. The fourth-order valence-electron chi connectivity index (χ4n) is 2.29. The first kappa shape index (κ1) is 13.1. The quantitative estimate of drug-likeness (QED) is 0.545. The molecule has 0 aliphatic rings. The summed E-state index contributed by atoms with van der Waals surface area (Å²) in [7, 11) is 0. The van der Waals surface area contributed by atoms with Crippen LogP contribution in [0, 0.1) is 13.8 Å². The topological polar surface area (TPSA) is 43.6 Å². The van der Waals surface area contributed by atoms with E-state index in [0.29, 0.717) is 0 Å². The summed E-state index contributed by atoms with van der Waals surface area (Å²) in [6.07, 6.45) is 3.47. The molecule has 0 saturated heterocycles. The van der Waals surface area contributed by atoms with E-state index in [1.54, 1.807) is 18.1 Å². The van der Waals surface area contributed by atoms with E-state index in [4.69, 9.17) is 0 Å². The van der Waals surface area contributed by atoms with Gasteiger partial charge in [-0.25, -0.2) is 14.6 Å². The summed E-state index contributed by atoms with van der Waals surface area (Å²) in [6, 6.07) is 6.34. The minimum absolute atomic E-state index is 0.864. The fourth-order valence-corrected chi connectivity index (χ4v) is 2.99. The van der Waals surface area contributed by atoms with Crippen LogP contribution < -0.4 is 0 Å². The van der Waals surface area contributed by atoms with Crippen LogP contribution in [0.2, 0.25) is 0 Å². The van der Waals surface area contributed by atoms with E-state index < -0.39 is 0 Å². The molecule has 20 heavy (non-hydrogen) atoms. The van der Waals surface area contributed by atoms with Gasteiger partial charge < -0.3 is 0 Å². The van der Waals surface area contributed by atoms with Gasteiger partial charge in [0.05, 0.1) is 17.3 Å². The Morgan fingerprint density at radius 1 is 1.20 bits per heavy atom. The first-order valence-electron chi connectivity index (χ1n) is 6.60. The third-order valence-corrected chi connectivity index (χ3v) is 4.08. The number of benzene rings is 1. The predicted octanol–water partition coefficient (Wildman–Crippen LogP) is 3.54. The lowest BCUT2D eigenvalue weighted by molar-refractivity contribution is 0.885. The zero-order chi connectivity index (χ0) is 14.1. The largest absolute Gasteiger partial charge is 0.229 e. The molecule has 0 aliphatic heterocycles. The molecule has 5 heteroatoms. The van der Waals surface area contributed by atoms with Gasteiger partial charge in [0.15, 0.2) is 5.65 Å². The monoisotopic (exact) mass is 284 g/mol. The molecule has 4 nitrogen and oxygen atoms in total. The first-order valence-corrected chi connectivity index (χ1v) is 7.58. The molecule has 1 aromatic carbocycles. The minimum Gasteiger partial charge on any atom is -0.229 e. The lowest BCUT2D eigenvalue weighted by Crippen LogP contribution is -2.00. The Kier molecular flexibility index (Phi) is 3.44. The lowest BCUT2D eigenvalue weighted by atomic mass is 10.1. The molecule has 0 radical (unpaired) electrons. The molecule has 0 spiro atoms. The van der Waals surface area contributed by atoms with Crippen LogP contribution in [0.4, 0.5) is 0 Å². The van der Waals surface area contributed by atoms with E-state index in [2.05, 4.69) is 54.0 Å². The second kappa shape index (κ2) is 5.25. The lowest BCUT2D eigenvalue weighted by Gasteiger charge is -2.08. The average Bonchev–Trinajstić information content (AvgIpc) is 2.84. The van der Waals surface area contributed by atoms with Gasteiger partial charge in [-0.05, 0) is 31.2 Å². The van der Waals surface area contributed by atoms with Crippen molar-refractivity contribution in [1.82, 2.24) is 19.7 Å². The molecule has 3 aromatic rings. The van der Waals surface area contributed by atoms with E-state index in [1.807, 2.05) is 10.9 Å². The Morgan fingerprint density at radius 2 is 2.05 bits per heavy atom. The highest BCUT2D eigenvalue weighted by Gasteiger charge is 2.12. The summed E-state index contributed by atoms with van der Waals surface area (Å²) in [5.74, 6) is 0.987. The summed E-state index contributed by atoms with van der Waals surface area (Å²) in [5, 5.41) is 6.51. The third-order valence-electron chi connectivity index (χ3n) is 3.19. The molecule has 2 heterocycles. The standard InChI is InChI=1S/C15H16N4S/c1-4-20-15-12-8-18-19(14(12)16-9-17-15)13-6-5-10(2)7-11(13)3/h5-9H,4H2,1-3H3. The molecule has 3 rings (SSSR count). The van der Waals surface area contributed by atoms with Gasteiger partial charge in [-0.15, -0.1) is 11.8 Å². The molecule has 0 fully saturated rings. The van der Waals surface area contributed by atoms with Crippen molar-refractivity contribution < 1.29 is 0 Å². The molecular formula is C15H16N4S. The number of thioether (sulfide) groups is 1. The Balaban J connectivity index is 2.20. The van der Waals surface area contributed by atoms with Gasteiger partial charge in [-0.2, -0.15) is 5.10 Å².